The first kappa shape index (κ1) is 81.7. The van der Waals surface area contributed by atoms with Gasteiger partial charge in [0, 0.05) is 5.39 Å². The number of hydrogen-bond donors (Lipinski definition) is 2. The summed E-state index contributed by atoms with van der Waals surface area (Å²) in [5, 5.41) is 18.9. The van der Waals surface area contributed by atoms with Crippen molar-refractivity contribution in [1.82, 2.24) is 0 Å². The molecule has 0 saturated heterocycles. The number of carbonyl (C=O) groups is 6. The zero-order chi connectivity index (χ0) is 57.3. The highest BCUT2D eigenvalue weighted by molar-refractivity contribution is 9.09. The molecular formula is C57H91BrO13. The molecule has 0 aliphatic heterocycles. The minimum Gasteiger partial charge on any atom is -0.507 e. The van der Waals surface area contributed by atoms with Gasteiger partial charge in [0.15, 0.2) is 30.6 Å². The lowest BCUT2D eigenvalue weighted by Gasteiger charge is -2.07. The van der Waals surface area contributed by atoms with Gasteiger partial charge in [-0.15, -0.1) is 0 Å². The number of Topliss-reactive ketones (excluding diaryl/α,β-unsaturated/α-hetero) is 3. The first-order chi connectivity index (χ1) is 34.2. The minimum atomic E-state index is -1.07. The summed E-state index contributed by atoms with van der Waals surface area (Å²) >= 11 is 2.90. The van der Waals surface area contributed by atoms with Crippen LogP contribution in [-0.4, -0.2) is 78.2 Å². The Morgan fingerprint density at radius 1 is 0.493 bits per heavy atom. The number of ether oxygens (including phenoxy) is 4. The maximum Gasteiger partial charge on any atom is 0.343 e. The summed E-state index contributed by atoms with van der Waals surface area (Å²) in [5.41, 5.74) is 3.41. The molecule has 0 radical (unpaired) electrons. The number of aryl methyl sites for hydroxylation is 1. The van der Waals surface area contributed by atoms with E-state index in [4.69, 9.17) is 24.1 Å². The van der Waals surface area contributed by atoms with E-state index in [-0.39, 0.29) is 41.0 Å². The first-order valence-corrected chi connectivity index (χ1v) is 25.4. The fraction of sp³-hybridized carbons (Fsp3) is 0.439. The van der Waals surface area contributed by atoms with Gasteiger partial charge in [-0.05, 0) is 75.7 Å². The number of methoxy groups -OCH3 is 2. The van der Waals surface area contributed by atoms with Gasteiger partial charge in [0.05, 0.1) is 37.2 Å². The molecule has 0 spiro atoms. The van der Waals surface area contributed by atoms with Crippen molar-refractivity contribution in [3.63, 3.8) is 0 Å². The smallest absolute Gasteiger partial charge is 0.343 e. The number of alkyl halides is 1. The van der Waals surface area contributed by atoms with Gasteiger partial charge in [0.25, 0.3) is 0 Å². The third-order valence-electron chi connectivity index (χ3n) is 6.75. The molecule has 1 aromatic heterocycles. The number of ketones is 3. The number of halogens is 1. The molecule has 14 heteroatoms. The van der Waals surface area contributed by atoms with E-state index in [9.17, 15) is 28.8 Å². The lowest BCUT2D eigenvalue weighted by Crippen LogP contribution is -2.13. The Morgan fingerprint density at radius 2 is 0.831 bits per heavy atom. The van der Waals surface area contributed by atoms with Crippen LogP contribution in [-0.2, 0) is 23.9 Å². The molecule has 13 nitrogen and oxygen atoms in total. The molecule has 0 unspecified atom stereocenters. The lowest BCUT2D eigenvalue weighted by molar-refractivity contribution is -0.143. The Labute approximate surface area is 436 Å². The summed E-state index contributed by atoms with van der Waals surface area (Å²) < 4.78 is 24.0. The van der Waals surface area contributed by atoms with Crippen molar-refractivity contribution < 1.29 is 62.3 Å². The van der Waals surface area contributed by atoms with Gasteiger partial charge < -0.3 is 33.6 Å². The molecule has 5 aromatic rings. The standard InChI is InChI=1S/C11H12O4.C10H10O4.C9H8O.C8H8O2.C3H5BrO2.8C2H6/c1-8(12)9-5-3-4-6-10(9)15-7-11(13)14-2;1-7(11)8-4-2-3-5-9(8)14-6-10(12)13;1-7-6-10-9-5-3-2-4-8(7)9;1-6(9)7-4-2-3-5-8(7)10;1-6-3(5)2-4;8*1-2/h3-6H,7H2,1-2H3;2-5H,6H2,1H3,(H,12,13);2-6H,1H3;2-5,10H,1H3;2H2,1H3;8*1-2H3. The monoisotopic (exact) mass is 1060 g/mol. The quantitative estimate of drug-likeness (QED) is 0.0763. The summed E-state index contributed by atoms with van der Waals surface area (Å²) in [4.78, 5) is 64.0. The average molecular weight is 1060 g/mol. The number of phenols is 1. The molecular weight excluding hydrogens is 973 g/mol. The molecule has 1 heterocycles. The first-order valence-electron chi connectivity index (χ1n) is 24.2. The van der Waals surface area contributed by atoms with Crippen LogP contribution in [0.4, 0.5) is 0 Å². The molecule has 0 aliphatic carbocycles. The molecule has 0 saturated carbocycles. The Balaban J connectivity index is -0.000000110. The number of carboxylic acid groups (broad SMARTS) is 1. The van der Waals surface area contributed by atoms with Gasteiger partial charge in [0.1, 0.15) is 28.2 Å². The summed E-state index contributed by atoms with van der Waals surface area (Å²) in [6, 6.07) is 27.8. The van der Waals surface area contributed by atoms with Crippen molar-refractivity contribution in [3.05, 3.63) is 126 Å². The van der Waals surface area contributed by atoms with Crippen molar-refractivity contribution in [1.29, 1.82) is 0 Å². The third kappa shape index (κ3) is 43.5. The molecule has 404 valence electrons. The normalized spacial score (nSPS) is 7.99. The van der Waals surface area contributed by atoms with Crippen molar-refractivity contribution >= 4 is 62.2 Å². The average Bonchev–Trinajstić information content (AvgIpc) is 3.82. The molecule has 2 N–H and O–H groups in total. The van der Waals surface area contributed by atoms with E-state index in [1.54, 1.807) is 73.0 Å². The maximum absolute atomic E-state index is 11.2. The van der Waals surface area contributed by atoms with Gasteiger partial charge in [-0.25, -0.2) is 9.59 Å². The molecule has 0 bridgehead atoms. The van der Waals surface area contributed by atoms with Gasteiger partial charge in [0.2, 0.25) is 0 Å². The van der Waals surface area contributed by atoms with Crippen molar-refractivity contribution in [3.8, 4) is 17.2 Å². The molecule has 0 atom stereocenters. The number of fused-ring (bicyclic) bond motifs is 1. The van der Waals surface area contributed by atoms with Gasteiger partial charge in [-0.2, -0.15) is 0 Å². The Morgan fingerprint density at radius 3 is 1.14 bits per heavy atom. The number of carboxylic acids is 1. The van der Waals surface area contributed by atoms with Crippen molar-refractivity contribution in [2.24, 2.45) is 0 Å². The van der Waals surface area contributed by atoms with E-state index >= 15 is 0 Å². The number of carbonyl (C=O) groups excluding carboxylic acids is 5. The highest BCUT2D eigenvalue weighted by Crippen LogP contribution is 2.20. The number of rotatable bonds is 10. The van der Waals surface area contributed by atoms with Crippen molar-refractivity contribution in [2.45, 2.75) is 138 Å². The largest absolute Gasteiger partial charge is 0.507 e. The predicted octanol–water partition coefficient (Wildman–Crippen LogP) is 15.9. The molecule has 0 aliphatic rings. The summed E-state index contributed by atoms with van der Waals surface area (Å²) in [6.45, 7) is 37.7. The van der Waals surface area contributed by atoms with Gasteiger partial charge in [-0.3, -0.25) is 19.2 Å². The SMILES string of the molecule is CC.CC.CC.CC.CC.CC.CC.CC.CC(=O)c1ccccc1O.CC(=O)c1ccccc1OCC(=O)O.COC(=O)CBr.COC(=O)COc1ccccc1C(C)=O.Cc1coc2ccccc12. The number of benzene rings is 4. The second kappa shape index (κ2) is 61.7. The summed E-state index contributed by atoms with van der Waals surface area (Å²) in [5.74, 6) is -1.39. The van der Waals surface area contributed by atoms with E-state index in [1.807, 2.05) is 136 Å². The molecule has 0 amide bonds. The maximum atomic E-state index is 11.2. The number of aliphatic carboxylic acids is 1. The van der Waals surface area contributed by atoms with Crippen LogP contribution in [0.1, 0.15) is 168 Å². The fourth-order valence-electron chi connectivity index (χ4n) is 4.04. The topological polar surface area (TPSA) is 193 Å². The van der Waals surface area contributed by atoms with Crippen LogP contribution < -0.4 is 9.47 Å². The summed E-state index contributed by atoms with van der Waals surface area (Å²) in [6.07, 6.45) is 1.78. The van der Waals surface area contributed by atoms with E-state index in [0.29, 0.717) is 28.2 Å². The van der Waals surface area contributed by atoms with Crippen molar-refractivity contribution in [2.75, 3.05) is 32.8 Å². The summed E-state index contributed by atoms with van der Waals surface area (Å²) in [7, 11) is 2.63. The highest BCUT2D eigenvalue weighted by Gasteiger charge is 2.10. The minimum absolute atomic E-state index is 0.0509. The Hall–Kier alpha value is -6.28. The fourth-order valence-corrected chi connectivity index (χ4v) is 4.27. The Bertz CT molecular complexity index is 2020. The zero-order valence-corrected chi connectivity index (χ0v) is 48.8. The molecule has 4 aromatic carbocycles. The van der Waals surface area contributed by atoms with Crippen LogP contribution in [0, 0.1) is 6.92 Å². The number of phenolic OH excluding ortho intramolecular Hbond substituents is 1. The number of para-hydroxylation sites is 4. The molecule has 5 rings (SSSR count). The third-order valence-corrected chi connectivity index (χ3v) is 7.21. The van der Waals surface area contributed by atoms with E-state index < -0.39 is 18.5 Å². The molecule has 71 heavy (non-hydrogen) atoms. The predicted molar refractivity (Wildman–Crippen MR) is 299 cm³/mol. The number of hydrogen-bond acceptors (Lipinski definition) is 12. The van der Waals surface area contributed by atoms with Crippen LogP contribution in [0.3, 0.4) is 0 Å². The Kier molecular flexibility index (Phi) is 71.0. The van der Waals surface area contributed by atoms with Crippen LogP contribution in [0.2, 0.25) is 0 Å². The van der Waals surface area contributed by atoms with Gasteiger partial charge in [-0.1, -0.05) is 181 Å². The van der Waals surface area contributed by atoms with Crippen LogP contribution in [0.25, 0.3) is 11.0 Å². The number of furan rings is 1. The van der Waals surface area contributed by atoms with E-state index in [0.717, 1.165) is 5.58 Å². The second-order valence-corrected chi connectivity index (χ2v) is 11.4. The zero-order valence-electron chi connectivity index (χ0n) is 47.2. The lowest BCUT2D eigenvalue weighted by atomic mass is 10.1. The highest BCUT2D eigenvalue weighted by atomic mass is 79.9. The molecule has 0 fully saturated rings. The van der Waals surface area contributed by atoms with E-state index in [2.05, 4.69) is 31.5 Å². The second-order valence-electron chi connectivity index (χ2n) is 10.8. The number of esters is 2. The van der Waals surface area contributed by atoms with E-state index in [1.165, 1.54) is 52.0 Å². The van der Waals surface area contributed by atoms with Crippen LogP contribution in [0.15, 0.2) is 108 Å². The number of aromatic hydroxyl groups is 1. The van der Waals surface area contributed by atoms with Gasteiger partial charge >= 0.3 is 17.9 Å². The van der Waals surface area contributed by atoms with Crippen LogP contribution in [0.5, 0.6) is 17.2 Å². The van der Waals surface area contributed by atoms with Crippen LogP contribution >= 0.6 is 15.9 Å².